The fourth-order valence-corrected chi connectivity index (χ4v) is 3.24. The molecule has 1 amide bonds. The molecule has 1 fully saturated rings. The number of carbonyl (C=O) groups excluding carboxylic acids is 1. The van der Waals surface area contributed by atoms with E-state index in [0.717, 1.165) is 25.9 Å². The smallest absolute Gasteiger partial charge is 0.220 e. The Hall–Kier alpha value is -1.55. The van der Waals surface area contributed by atoms with Crippen LogP contribution in [-0.4, -0.2) is 51.6 Å². The zero-order chi connectivity index (χ0) is 16.7. The molecule has 2 rings (SSSR count). The molecule has 0 aliphatic carbocycles. The van der Waals surface area contributed by atoms with Gasteiger partial charge < -0.3 is 15.1 Å². The maximum atomic E-state index is 12.0. The van der Waals surface area contributed by atoms with Crippen molar-refractivity contribution < 1.29 is 4.79 Å². The van der Waals surface area contributed by atoms with Gasteiger partial charge in [-0.05, 0) is 62.9 Å². The van der Waals surface area contributed by atoms with Crippen molar-refractivity contribution in [1.82, 2.24) is 10.2 Å². The Balaban J connectivity index is 1.62. The van der Waals surface area contributed by atoms with Crippen molar-refractivity contribution in [2.75, 3.05) is 45.7 Å². The summed E-state index contributed by atoms with van der Waals surface area (Å²) < 4.78 is 0. The van der Waals surface area contributed by atoms with Crippen molar-refractivity contribution in [2.45, 2.75) is 32.1 Å². The standard InChI is InChI=1S/C19H31N3O/c1-21(2)18-9-6-16(7-10-18)12-13-20-19(23)11-8-17-5-4-14-22(3)15-17/h6-7,9-10,17H,4-5,8,11-15H2,1-3H3,(H,20,23)/t17-/m0/s1. The van der Waals surface area contributed by atoms with Crippen LogP contribution in [0, 0.1) is 5.92 Å². The summed E-state index contributed by atoms with van der Waals surface area (Å²) in [6.45, 7) is 3.07. The van der Waals surface area contributed by atoms with E-state index in [-0.39, 0.29) is 5.91 Å². The first-order valence-corrected chi connectivity index (χ1v) is 8.76. The highest BCUT2D eigenvalue weighted by Gasteiger charge is 2.17. The fourth-order valence-electron chi connectivity index (χ4n) is 3.24. The van der Waals surface area contributed by atoms with Crippen LogP contribution in [0.15, 0.2) is 24.3 Å². The van der Waals surface area contributed by atoms with Gasteiger partial charge in [-0.3, -0.25) is 4.79 Å². The highest BCUT2D eigenvalue weighted by Crippen LogP contribution is 2.19. The van der Waals surface area contributed by atoms with Crippen molar-refractivity contribution in [3.63, 3.8) is 0 Å². The molecular weight excluding hydrogens is 286 g/mol. The minimum atomic E-state index is 0.197. The number of carbonyl (C=O) groups is 1. The predicted octanol–water partition coefficient (Wildman–Crippen LogP) is 2.53. The quantitative estimate of drug-likeness (QED) is 0.839. The molecule has 0 radical (unpaired) electrons. The number of hydrogen-bond acceptors (Lipinski definition) is 3. The Morgan fingerprint density at radius 1 is 1.30 bits per heavy atom. The van der Waals surface area contributed by atoms with E-state index in [9.17, 15) is 4.79 Å². The van der Waals surface area contributed by atoms with Gasteiger partial charge in [-0.25, -0.2) is 0 Å². The van der Waals surface area contributed by atoms with Gasteiger partial charge in [0.25, 0.3) is 0 Å². The number of piperidine rings is 1. The summed E-state index contributed by atoms with van der Waals surface area (Å²) in [5, 5.41) is 3.06. The van der Waals surface area contributed by atoms with Gasteiger partial charge in [-0.1, -0.05) is 12.1 Å². The first kappa shape index (κ1) is 17.8. The van der Waals surface area contributed by atoms with E-state index in [1.807, 2.05) is 14.1 Å². The van der Waals surface area contributed by atoms with Gasteiger partial charge in [-0.15, -0.1) is 0 Å². The number of nitrogens with one attached hydrogen (secondary N) is 1. The molecule has 1 aromatic rings. The van der Waals surface area contributed by atoms with E-state index < -0.39 is 0 Å². The van der Waals surface area contributed by atoms with Crippen LogP contribution in [0.2, 0.25) is 0 Å². The van der Waals surface area contributed by atoms with Crippen LogP contribution in [0.3, 0.4) is 0 Å². The van der Waals surface area contributed by atoms with Crippen LogP contribution in [0.25, 0.3) is 0 Å². The van der Waals surface area contributed by atoms with Crippen molar-refractivity contribution in [2.24, 2.45) is 5.92 Å². The summed E-state index contributed by atoms with van der Waals surface area (Å²) in [5.41, 5.74) is 2.47. The SMILES string of the molecule is CN1CCC[C@@H](CCC(=O)NCCc2ccc(N(C)C)cc2)C1. The van der Waals surface area contributed by atoms with Crippen LogP contribution in [0.5, 0.6) is 0 Å². The van der Waals surface area contributed by atoms with Crippen LogP contribution in [0.4, 0.5) is 5.69 Å². The summed E-state index contributed by atoms with van der Waals surface area (Å²) >= 11 is 0. The largest absolute Gasteiger partial charge is 0.378 e. The normalized spacial score (nSPS) is 18.7. The van der Waals surface area contributed by atoms with Crippen LogP contribution >= 0.6 is 0 Å². The molecule has 1 atom stereocenters. The Kier molecular flexibility index (Phi) is 6.90. The summed E-state index contributed by atoms with van der Waals surface area (Å²) in [4.78, 5) is 16.4. The lowest BCUT2D eigenvalue weighted by atomic mass is 9.93. The lowest BCUT2D eigenvalue weighted by Gasteiger charge is -2.29. The third-order valence-electron chi connectivity index (χ3n) is 4.69. The molecule has 0 bridgehead atoms. The monoisotopic (exact) mass is 317 g/mol. The molecule has 128 valence electrons. The van der Waals surface area contributed by atoms with E-state index >= 15 is 0 Å². The van der Waals surface area contributed by atoms with Gasteiger partial charge in [-0.2, -0.15) is 0 Å². The molecular formula is C19H31N3O. The number of nitrogens with zero attached hydrogens (tertiary/aromatic N) is 2. The van der Waals surface area contributed by atoms with Gasteiger partial charge in [0, 0.05) is 39.3 Å². The van der Waals surface area contributed by atoms with Gasteiger partial charge in [0.1, 0.15) is 0 Å². The Labute approximate surface area is 140 Å². The highest BCUT2D eigenvalue weighted by atomic mass is 16.1. The van der Waals surface area contributed by atoms with Gasteiger partial charge in [0.2, 0.25) is 5.91 Å². The molecule has 0 spiro atoms. The van der Waals surface area contributed by atoms with Crippen molar-refractivity contribution in [3.8, 4) is 0 Å². The zero-order valence-corrected chi connectivity index (χ0v) is 14.8. The molecule has 0 aromatic heterocycles. The highest BCUT2D eigenvalue weighted by molar-refractivity contribution is 5.75. The Bertz CT molecular complexity index is 484. The number of rotatable bonds is 7. The second-order valence-electron chi connectivity index (χ2n) is 6.97. The summed E-state index contributed by atoms with van der Waals surface area (Å²) in [7, 11) is 6.26. The number of likely N-dealkylation sites (tertiary alicyclic amines) is 1. The van der Waals surface area contributed by atoms with Crippen LogP contribution < -0.4 is 10.2 Å². The first-order chi connectivity index (χ1) is 11.0. The molecule has 23 heavy (non-hydrogen) atoms. The molecule has 1 aliphatic rings. The number of amides is 1. The van der Waals surface area contributed by atoms with Gasteiger partial charge in [0.15, 0.2) is 0 Å². The molecule has 0 unspecified atom stereocenters. The summed E-state index contributed by atoms with van der Waals surface area (Å²) in [5.74, 6) is 0.890. The lowest BCUT2D eigenvalue weighted by molar-refractivity contribution is -0.121. The average Bonchev–Trinajstić information content (AvgIpc) is 2.53. The fraction of sp³-hybridized carbons (Fsp3) is 0.632. The molecule has 0 saturated carbocycles. The molecule has 1 N–H and O–H groups in total. The van der Waals surface area contributed by atoms with E-state index in [1.165, 1.54) is 30.6 Å². The number of anilines is 1. The predicted molar refractivity (Wildman–Crippen MR) is 96.9 cm³/mol. The number of benzene rings is 1. The van der Waals surface area contributed by atoms with Crippen molar-refractivity contribution >= 4 is 11.6 Å². The molecule has 4 nitrogen and oxygen atoms in total. The Morgan fingerprint density at radius 2 is 2.04 bits per heavy atom. The van der Waals surface area contributed by atoms with E-state index in [4.69, 9.17) is 0 Å². The third kappa shape index (κ3) is 6.22. The van der Waals surface area contributed by atoms with Crippen LogP contribution in [-0.2, 0) is 11.2 Å². The van der Waals surface area contributed by atoms with Crippen LogP contribution in [0.1, 0.15) is 31.2 Å². The summed E-state index contributed by atoms with van der Waals surface area (Å²) in [6, 6.07) is 8.52. The van der Waals surface area contributed by atoms with E-state index in [0.29, 0.717) is 12.3 Å². The Morgan fingerprint density at radius 3 is 2.70 bits per heavy atom. The van der Waals surface area contributed by atoms with E-state index in [1.54, 1.807) is 0 Å². The average molecular weight is 317 g/mol. The summed E-state index contributed by atoms with van der Waals surface area (Å²) in [6.07, 6.45) is 5.12. The van der Waals surface area contributed by atoms with Crippen molar-refractivity contribution in [3.05, 3.63) is 29.8 Å². The molecule has 4 heteroatoms. The molecule has 1 aliphatic heterocycles. The topological polar surface area (TPSA) is 35.6 Å². The first-order valence-electron chi connectivity index (χ1n) is 8.76. The van der Waals surface area contributed by atoms with Crippen molar-refractivity contribution in [1.29, 1.82) is 0 Å². The zero-order valence-electron chi connectivity index (χ0n) is 14.8. The molecule has 1 aromatic carbocycles. The second-order valence-corrected chi connectivity index (χ2v) is 6.97. The second kappa shape index (κ2) is 8.92. The van der Waals surface area contributed by atoms with E-state index in [2.05, 4.69) is 46.4 Å². The van der Waals surface area contributed by atoms with Gasteiger partial charge in [0.05, 0.1) is 0 Å². The molecule has 1 saturated heterocycles. The number of hydrogen-bond donors (Lipinski definition) is 1. The molecule has 1 heterocycles. The minimum Gasteiger partial charge on any atom is -0.378 e. The minimum absolute atomic E-state index is 0.197. The van der Waals surface area contributed by atoms with Gasteiger partial charge >= 0.3 is 0 Å². The maximum Gasteiger partial charge on any atom is 0.220 e. The third-order valence-corrected chi connectivity index (χ3v) is 4.69. The maximum absolute atomic E-state index is 12.0. The lowest BCUT2D eigenvalue weighted by Crippen LogP contribution is -2.33.